The Morgan fingerprint density at radius 1 is 0.926 bits per heavy atom. The van der Waals surface area contributed by atoms with E-state index in [-0.39, 0.29) is 0 Å². The fraction of sp³-hybridized carbons (Fsp3) is 0.926. The van der Waals surface area contributed by atoms with Crippen LogP contribution in [0.15, 0.2) is 11.1 Å². The predicted molar refractivity (Wildman–Crippen MR) is 122 cm³/mol. The standard InChI is InChI=1S/C27H50/c1-9-11-26-17-27(26)24(8)19(3)15-14-18(2)22(6)23(7)20(4)16-21(5)25-12-10-13-25/h18-19,21-22,24-27H,9-17H2,1-8H3. The number of hydrogen-bond acceptors (Lipinski definition) is 0. The molecule has 2 saturated carbocycles. The van der Waals surface area contributed by atoms with Gasteiger partial charge in [0, 0.05) is 0 Å². The molecule has 0 bridgehead atoms. The lowest BCUT2D eigenvalue weighted by Gasteiger charge is -2.32. The summed E-state index contributed by atoms with van der Waals surface area (Å²) in [6.07, 6.45) is 13.0. The van der Waals surface area contributed by atoms with Crippen molar-refractivity contribution in [3.05, 3.63) is 11.1 Å². The second kappa shape index (κ2) is 10.5. The van der Waals surface area contributed by atoms with Gasteiger partial charge in [0.25, 0.3) is 0 Å². The molecular weight excluding hydrogens is 324 g/mol. The van der Waals surface area contributed by atoms with E-state index >= 15 is 0 Å². The van der Waals surface area contributed by atoms with Crippen molar-refractivity contribution in [1.82, 2.24) is 0 Å². The molecule has 27 heavy (non-hydrogen) atoms. The first-order chi connectivity index (χ1) is 12.8. The second-order valence-electron chi connectivity index (χ2n) is 11.0. The predicted octanol–water partition coefficient (Wildman–Crippen LogP) is 8.91. The van der Waals surface area contributed by atoms with Crippen LogP contribution in [0.25, 0.3) is 0 Å². The van der Waals surface area contributed by atoms with E-state index in [2.05, 4.69) is 55.4 Å². The first-order valence-electron chi connectivity index (χ1n) is 12.4. The molecule has 0 nitrogen and oxygen atoms in total. The summed E-state index contributed by atoms with van der Waals surface area (Å²) in [5.74, 6) is 7.42. The molecule has 0 saturated heterocycles. The molecule has 7 atom stereocenters. The highest BCUT2D eigenvalue weighted by molar-refractivity contribution is 5.14. The highest BCUT2D eigenvalue weighted by atomic mass is 14.5. The third-order valence-corrected chi connectivity index (χ3v) is 9.08. The highest BCUT2D eigenvalue weighted by Crippen LogP contribution is 2.50. The third-order valence-electron chi connectivity index (χ3n) is 9.08. The van der Waals surface area contributed by atoms with E-state index in [1.54, 1.807) is 11.1 Å². The summed E-state index contributed by atoms with van der Waals surface area (Å²) in [7, 11) is 0. The molecular formula is C27H50. The summed E-state index contributed by atoms with van der Waals surface area (Å²) >= 11 is 0. The van der Waals surface area contributed by atoms with Crippen LogP contribution in [0, 0.1) is 47.3 Å². The Bertz CT molecular complexity index is 468. The quantitative estimate of drug-likeness (QED) is 0.299. The maximum atomic E-state index is 2.54. The number of hydrogen-bond donors (Lipinski definition) is 0. The lowest BCUT2D eigenvalue weighted by atomic mass is 9.73. The van der Waals surface area contributed by atoms with Crippen molar-refractivity contribution < 1.29 is 0 Å². The van der Waals surface area contributed by atoms with E-state index in [1.807, 2.05) is 0 Å². The third kappa shape index (κ3) is 6.37. The Balaban J connectivity index is 1.76. The van der Waals surface area contributed by atoms with Gasteiger partial charge in [0.05, 0.1) is 0 Å². The van der Waals surface area contributed by atoms with Gasteiger partial charge in [-0.15, -0.1) is 0 Å². The average molecular weight is 375 g/mol. The zero-order valence-electron chi connectivity index (χ0n) is 20.0. The van der Waals surface area contributed by atoms with Crippen molar-refractivity contribution >= 4 is 0 Å². The normalized spacial score (nSPS) is 29.3. The van der Waals surface area contributed by atoms with Gasteiger partial charge in [-0.1, -0.05) is 91.2 Å². The number of rotatable bonds is 12. The lowest BCUT2D eigenvalue weighted by Crippen LogP contribution is -2.20. The Morgan fingerprint density at radius 3 is 2.11 bits per heavy atom. The zero-order chi connectivity index (χ0) is 20.1. The molecule has 0 N–H and O–H groups in total. The van der Waals surface area contributed by atoms with Crippen molar-refractivity contribution in [1.29, 1.82) is 0 Å². The van der Waals surface area contributed by atoms with Crippen LogP contribution in [-0.4, -0.2) is 0 Å². The smallest absolute Gasteiger partial charge is 0.0206 e. The molecule has 0 aromatic rings. The minimum Gasteiger partial charge on any atom is -0.0738 e. The topological polar surface area (TPSA) is 0 Å². The van der Waals surface area contributed by atoms with Gasteiger partial charge in [-0.2, -0.15) is 0 Å². The van der Waals surface area contributed by atoms with Gasteiger partial charge in [0.15, 0.2) is 0 Å². The van der Waals surface area contributed by atoms with E-state index < -0.39 is 0 Å². The Hall–Kier alpha value is -0.260. The van der Waals surface area contributed by atoms with Crippen LogP contribution in [-0.2, 0) is 0 Å². The lowest BCUT2D eigenvalue weighted by molar-refractivity contribution is 0.218. The molecule has 0 radical (unpaired) electrons. The molecule has 0 heterocycles. The molecule has 0 aromatic carbocycles. The van der Waals surface area contributed by atoms with Crippen molar-refractivity contribution in [3.8, 4) is 0 Å². The molecule has 0 heteroatoms. The zero-order valence-corrected chi connectivity index (χ0v) is 20.0. The van der Waals surface area contributed by atoms with E-state index in [0.717, 1.165) is 47.3 Å². The van der Waals surface area contributed by atoms with Gasteiger partial charge in [0.1, 0.15) is 0 Å². The van der Waals surface area contributed by atoms with E-state index in [1.165, 1.54) is 57.8 Å². The summed E-state index contributed by atoms with van der Waals surface area (Å²) in [6, 6.07) is 0. The van der Waals surface area contributed by atoms with Gasteiger partial charge < -0.3 is 0 Å². The van der Waals surface area contributed by atoms with Crippen molar-refractivity contribution in [2.45, 2.75) is 113 Å². The van der Waals surface area contributed by atoms with E-state index in [9.17, 15) is 0 Å². The van der Waals surface area contributed by atoms with Crippen LogP contribution < -0.4 is 0 Å². The fourth-order valence-corrected chi connectivity index (χ4v) is 5.71. The van der Waals surface area contributed by atoms with Gasteiger partial charge in [-0.3, -0.25) is 0 Å². The van der Waals surface area contributed by atoms with E-state index in [0.29, 0.717) is 0 Å². The summed E-state index contributed by atoms with van der Waals surface area (Å²) < 4.78 is 0. The monoisotopic (exact) mass is 374 g/mol. The van der Waals surface area contributed by atoms with Crippen molar-refractivity contribution in [3.63, 3.8) is 0 Å². The van der Waals surface area contributed by atoms with Crippen LogP contribution in [0.4, 0.5) is 0 Å². The summed E-state index contributed by atoms with van der Waals surface area (Å²) in [6.45, 7) is 19.7. The van der Waals surface area contributed by atoms with Crippen molar-refractivity contribution in [2.24, 2.45) is 47.3 Å². The molecule has 0 spiro atoms. The fourth-order valence-electron chi connectivity index (χ4n) is 5.71. The average Bonchev–Trinajstić information content (AvgIpc) is 3.35. The minimum atomic E-state index is 0.745. The maximum Gasteiger partial charge on any atom is -0.0206 e. The van der Waals surface area contributed by atoms with E-state index in [4.69, 9.17) is 0 Å². The summed E-state index contributed by atoms with van der Waals surface area (Å²) in [5, 5.41) is 0. The molecule has 2 aliphatic rings. The van der Waals surface area contributed by atoms with Gasteiger partial charge in [-0.25, -0.2) is 0 Å². The molecule has 0 aromatic heterocycles. The first kappa shape index (κ1) is 23.0. The summed E-state index contributed by atoms with van der Waals surface area (Å²) in [5.41, 5.74) is 3.38. The molecule has 0 aliphatic heterocycles. The van der Waals surface area contributed by atoms with Gasteiger partial charge >= 0.3 is 0 Å². The molecule has 2 aliphatic carbocycles. The molecule has 2 fully saturated rings. The van der Waals surface area contributed by atoms with Gasteiger partial charge in [-0.05, 0) is 80.5 Å². The molecule has 0 amide bonds. The molecule has 2 rings (SSSR count). The Labute approximate surface area is 172 Å². The highest BCUT2D eigenvalue weighted by Gasteiger charge is 2.41. The number of allylic oxidation sites excluding steroid dienone is 2. The minimum absolute atomic E-state index is 0.745. The first-order valence-corrected chi connectivity index (χ1v) is 12.4. The largest absolute Gasteiger partial charge is 0.0738 e. The van der Waals surface area contributed by atoms with Crippen LogP contribution in [0.1, 0.15) is 113 Å². The van der Waals surface area contributed by atoms with Crippen LogP contribution in [0.3, 0.4) is 0 Å². The Kier molecular flexibility index (Phi) is 8.95. The molecule has 158 valence electrons. The SMILES string of the molecule is CCCC1CC1C(C)C(C)CCC(C)C(C)C(C)=C(C)CC(C)C1CCC1. The van der Waals surface area contributed by atoms with Crippen LogP contribution in [0.5, 0.6) is 0 Å². The van der Waals surface area contributed by atoms with Crippen LogP contribution in [0.2, 0.25) is 0 Å². The van der Waals surface area contributed by atoms with Crippen LogP contribution >= 0.6 is 0 Å². The van der Waals surface area contributed by atoms with Gasteiger partial charge in [0.2, 0.25) is 0 Å². The maximum absolute atomic E-state index is 2.54. The second-order valence-corrected chi connectivity index (χ2v) is 11.0. The van der Waals surface area contributed by atoms with Crippen molar-refractivity contribution in [2.75, 3.05) is 0 Å². The molecule has 7 unspecified atom stereocenters. The Morgan fingerprint density at radius 2 is 1.56 bits per heavy atom. The summed E-state index contributed by atoms with van der Waals surface area (Å²) in [4.78, 5) is 0.